The van der Waals surface area contributed by atoms with E-state index in [0.717, 1.165) is 38.9 Å². The van der Waals surface area contributed by atoms with Crippen LogP contribution < -0.4 is 10.6 Å². The van der Waals surface area contributed by atoms with Crippen molar-refractivity contribution in [2.75, 3.05) is 25.0 Å². The predicted octanol–water partition coefficient (Wildman–Crippen LogP) is 2.52. The maximum atomic E-state index is 13.1. The third kappa shape index (κ3) is 5.42. The van der Waals surface area contributed by atoms with Crippen LogP contribution >= 0.6 is 0 Å². The Hall–Kier alpha value is -2.67. The minimum absolute atomic E-state index is 0.0447. The van der Waals surface area contributed by atoms with E-state index in [-0.39, 0.29) is 17.9 Å². The molecule has 1 aliphatic heterocycles. The molecule has 1 aromatic heterocycles. The summed E-state index contributed by atoms with van der Waals surface area (Å²) in [5.74, 6) is -0.0367. The van der Waals surface area contributed by atoms with Gasteiger partial charge in [-0.1, -0.05) is 13.0 Å². The molecule has 28 heavy (non-hydrogen) atoms. The Morgan fingerprint density at radius 1 is 1.32 bits per heavy atom. The Morgan fingerprint density at radius 2 is 2.14 bits per heavy atom. The fourth-order valence-electron chi connectivity index (χ4n) is 3.58. The van der Waals surface area contributed by atoms with Crippen molar-refractivity contribution in [1.29, 1.82) is 0 Å². The summed E-state index contributed by atoms with van der Waals surface area (Å²) >= 11 is 0. The SMILES string of the molecule is CCCN(C(=O)c1cccc(NC(=O)CCn2ccnc2)c1)C1CCNCC1. The summed E-state index contributed by atoms with van der Waals surface area (Å²) in [6, 6.07) is 7.53. The summed E-state index contributed by atoms with van der Waals surface area (Å²) in [4.78, 5) is 31.3. The summed E-state index contributed by atoms with van der Waals surface area (Å²) in [6.07, 6.45) is 8.46. The van der Waals surface area contributed by atoms with Gasteiger partial charge in [-0.3, -0.25) is 9.59 Å². The standard InChI is InChI=1S/C21H29N5O2/c1-2-12-26(19-6-9-22-10-7-19)21(28)17-4-3-5-18(15-17)24-20(27)8-13-25-14-11-23-16-25/h3-5,11,14-16,19,22H,2,6-10,12-13H2,1H3,(H,24,27). The first kappa shape index (κ1) is 20.1. The first-order valence-corrected chi connectivity index (χ1v) is 10.0. The Labute approximate surface area is 166 Å². The molecular formula is C21H29N5O2. The highest BCUT2D eigenvalue weighted by Gasteiger charge is 2.25. The normalized spacial score (nSPS) is 14.6. The molecule has 2 aromatic rings. The van der Waals surface area contributed by atoms with Crippen molar-refractivity contribution >= 4 is 17.5 Å². The number of nitrogens with zero attached hydrogens (tertiary/aromatic N) is 3. The average Bonchev–Trinajstić information content (AvgIpc) is 3.24. The number of nitrogens with one attached hydrogen (secondary N) is 2. The van der Waals surface area contributed by atoms with Gasteiger partial charge in [0.1, 0.15) is 0 Å². The number of carbonyl (C=O) groups excluding carboxylic acids is 2. The summed E-state index contributed by atoms with van der Waals surface area (Å²) in [7, 11) is 0. The van der Waals surface area contributed by atoms with E-state index >= 15 is 0 Å². The zero-order valence-electron chi connectivity index (χ0n) is 16.4. The Morgan fingerprint density at radius 3 is 2.86 bits per heavy atom. The second-order valence-electron chi connectivity index (χ2n) is 7.16. The number of rotatable bonds is 8. The van der Waals surface area contributed by atoms with Gasteiger partial charge in [-0.25, -0.2) is 4.98 Å². The molecule has 2 heterocycles. The highest BCUT2D eigenvalue weighted by molar-refractivity contribution is 5.97. The van der Waals surface area contributed by atoms with Crippen molar-refractivity contribution in [2.45, 2.75) is 45.2 Å². The maximum Gasteiger partial charge on any atom is 0.254 e. The molecule has 7 nitrogen and oxygen atoms in total. The van der Waals surface area contributed by atoms with Crippen molar-refractivity contribution in [1.82, 2.24) is 19.8 Å². The number of hydrogen-bond acceptors (Lipinski definition) is 4. The van der Waals surface area contributed by atoms with Crippen LogP contribution in [0.3, 0.4) is 0 Å². The largest absolute Gasteiger partial charge is 0.337 e. The predicted molar refractivity (Wildman–Crippen MR) is 109 cm³/mol. The number of aryl methyl sites for hydroxylation is 1. The van der Waals surface area contributed by atoms with Gasteiger partial charge >= 0.3 is 0 Å². The molecule has 150 valence electrons. The topological polar surface area (TPSA) is 79.3 Å². The number of aromatic nitrogens is 2. The molecule has 0 saturated carbocycles. The molecule has 0 radical (unpaired) electrons. The van der Waals surface area contributed by atoms with E-state index < -0.39 is 0 Å². The van der Waals surface area contributed by atoms with Crippen LogP contribution in [0.5, 0.6) is 0 Å². The van der Waals surface area contributed by atoms with Crippen molar-refractivity contribution in [2.24, 2.45) is 0 Å². The Balaban J connectivity index is 1.63. The van der Waals surface area contributed by atoms with E-state index in [9.17, 15) is 9.59 Å². The van der Waals surface area contributed by atoms with Crippen LogP contribution in [0.2, 0.25) is 0 Å². The Kier molecular flexibility index (Phi) is 7.19. The summed E-state index contributed by atoms with van der Waals surface area (Å²) < 4.78 is 1.86. The number of imidazole rings is 1. The van der Waals surface area contributed by atoms with E-state index in [1.807, 2.05) is 33.9 Å². The molecule has 0 atom stereocenters. The highest BCUT2D eigenvalue weighted by atomic mass is 16.2. The molecule has 0 aliphatic carbocycles. The molecule has 2 N–H and O–H groups in total. The van der Waals surface area contributed by atoms with Crippen molar-refractivity contribution in [3.8, 4) is 0 Å². The number of anilines is 1. The molecule has 1 fully saturated rings. The van der Waals surface area contributed by atoms with Crippen LogP contribution in [0.15, 0.2) is 43.0 Å². The summed E-state index contributed by atoms with van der Waals surface area (Å²) in [5.41, 5.74) is 1.28. The minimum atomic E-state index is -0.0814. The van der Waals surface area contributed by atoms with Gasteiger partial charge in [0.15, 0.2) is 0 Å². The van der Waals surface area contributed by atoms with Gasteiger partial charge in [-0.05, 0) is 50.6 Å². The van der Waals surface area contributed by atoms with Crippen molar-refractivity contribution in [3.05, 3.63) is 48.5 Å². The fourth-order valence-corrected chi connectivity index (χ4v) is 3.58. The fraction of sp³-hybridized carbons (Fsp3) is 0.476. The number of carbonyl (C=O) groups is 2. The first-order valence-electron chi connectivity index (χ1n) is 10.0. The van der Waals surface area contributed by atoms with Crippen LogP contribution in [0.25, 0.3) is 0 Å². The van der Waals surface area contributed by atoms with E-state index in [0.29, 0.717) is 24.2 Å². The van der Waals surface area contributed by atoms with Gasteiger partial charge in [-0.15, -0.1) is 0 Å². The average molecular weight is 383 g/mol. The number of hydrogen-bond donors (Lipinski definition) is 2. The van der Waals surface area contributed by atoms with Gasteiger partial charge in [-0.2, -0.15) is 0 Å². The molecule has 1 aliphatic rings. The van der Waals surface area contributed by atoms with Crippen LogP contribution in [0.1, 0.15) is 43.0 Å². The third-order valence-electron chi connectivity index (χ3n) is 5.02. The van der Waals surface area contributed by atoms with Crippen LogP contribution in [0, 0.1) is 0 Å². The number of piperidine rings is 1. The van der Waals surface area contributed by atoms with Gasteiger partial charge in [0.2, 0.25) is 5.91 Å². The molecule has 2 amide bonds. The lowest BCUT2D eigenvalue weighted by molar-refractivity contribution is -0.116. The Bertz CT molecular complexity index is 769. The molecule has 0 bridgehead atoms. The first-order chi connectivity index (χ1) is 13.7. The molecule has 0 unspecified atom stereocenters. The maximum absolute atomic E-state index is 13.1. The van der Waals surface area contributed by atoms with Crippen LogP contribution in [-0.4, -0.2) is 51.9 Å². The third-order valence-corrected chi connectivity index (χ3v) is 5.02. The minimum Gasteiger partial charge on any atom is -0.337 e. The molecule has 7 heteroatoms. The smallest absolute Gasteiger partial charge is 0.254 e. The lowest BCUT2D eigenvalue weighted by Gasteiger charge is -2.34. The van der Waals surface area contributed by atoms with Gasteiger partial charge < -0.3 is 20.1 Å². The van der Waals surface area contributed by atoms with E-state index in [1.165, 1.54) is 0 Å². The molecular weight excluding hydrogens is 354 g/mol. The van der Waals surface area contributed by atoms with Crippen molar-refractivity contribution < 1.29 is 9.59 Å². The quantitative estimate of drug-likeness (QED) is 0.734. The van der Waals surface area contributed by atoms with Crippen LogP contribution in [0.4, 0.5) is 5.69 Å². The van der Waals surface area contributed by atoms with Gasteiger partial charge in [0.05, 0.1) is 6.33 Å². The molecule has 0 spiro atoms. The summed E-state index contributed by atoms with van der Waals surface area (Å²) in [5, 5.41) is 6.25. The van der Waals surface area contributed by atoms with Gasteiger partial charge in [0, 0.05) is 49.2 Å². The zero-order valence-corrected chi connectivity index (χ0v) is 16.4. The molecule has 3 rings (SSSR count). The molecule has 1 aromatic carbocycles. The van der Waals surface area contributed by atoms with E-state index in [2.05, 4.69) is 22.5 Å². The molecule has 1 saturated heterocycles. The van der Waals surface area contributed by atoms with Gasteiger partial charge in [0.25, 0.3) is 5.91 Å². The van der Waals surface area contributed by atoms with E-state index in [1.54, 1.807) is 18.6 Å². The number of amides is 2. The van der Waals surface area contributed by atoms with Crippen molar-refractivity contribution in [3.63, 3.8) is 0 Å². The lowest BCUT2D eigenvalue weighted by atomic mass is 10.0. The second kappa shape index (κ2) is 10.0. The summed E-state index contributed by atoms with van der Waals surface area (Å²) in [6.45, 7) is 5.32. The second-order valence-corrected chi connectivity index (χ2v) is 7.16. The highest BCUT2D eigenvalue weighted by Crippen LogP contribution is 2.19. The zero-order chi connectivity index (χ0) is 19.8. The van der Waals surface area contributed by atoms with E-state index in [4.69, 9.17) is 0 Å². The van der Waals surface area contributed by atoms with Crippen LogP contribution in [-0.2, 0) is 11.3 Å². The lowest BCUT2D eigenvalue weighted by Crippen LogP contribution is -2.46. The number of benzene rings is 1. The monoisotopic (exact) mass is 383 g/mol.